The number of H-pyrrole nitrogens is 1. The molecule has 0 aliphatic rings. The number of carbonyl (C=O) groups excluding carboxylic acids is 2. The second kappa shape index (κ2) is 5.55. The fourth-order valence-electron chi connectivity index (χ4n) is 2.56. The molecule has 5 nitrogen and oxygen atoms in total. The van der Waals surface area contributed by atoms with Gasteiger partial charge in [-0.25, -0.2) is 0 Å². The van der Waals surface area contributed by atoms with Crippen molar-refractivity contribution in [1.82, 2.24) is 4.98 Å². The zero-order valence-corrected chi connectivity index (χ0v) is 13.9. The molecule has 3 rings (SSSR count). The van der Waals surface area contributed by atoms with Crippen LogP contribution in [0.3, 0.4) is 0 Å². The van der Waals surface area contributed by atoms with Gasteiger partial charge in [-0.3, -0.25) is 9.59 Å². The van der Waals surface area contributed by atoms with E-state index in [9.17, 15) is 9.59 Å². The van der Waals surface area contributed by atoms with Crippen LogP contribution < -0.4 is 11.1 Å². The first-order chi connectivity index (χ1) is 10.9. The number of anilines is 1. The quantitative estimate of drug-likeness (QED) is 0.687. The van der Waals surface area contributed by atoms with Gasteiger partial charge in [-0.2, -0.15) is 0 Å². The molecular formula is C17H17N3O2S. The Balaban J connectivity index is 1.95. The van der Waals surface area contributed by atoms with E-state index in [0.717, 1.165) is 26.9 Å². The predicted molar refractivity (Wildman–Crippen MR) is 93.3 cm³/mol. The number of rotatable bonds is 3. The number of benzene rings is 1. The highest BCUT2D eigenvalue weighted by Crippen LogP contribution is 2.32. The highest BCUT2D eigenvalue weighted by Gasteiger charge is 2.20. The number of carbonyl (C=O) groups is 2. The molecule has 4 N–H and O–H groups in total. The summed E-state index contributed by atoms with van der Waals surface area (Å²) in [7, 11) is 0. The van der Waals surface area contributed by atoms with Crippen LogP contribution in [0, 0.1) is 20.8 Å². The van der Waals surface area contributed by atoms with Crippen LogP contribution in [0.15, 0.2) is 24.3 Å². The molecule has 0 saturated carbocycles. The maximum absolute atomic E-state index is 12.5. The van der Waals surface area contributed by atoms with Gasteiger partial charge in [0.15, 0.2) is 0 Å². The van der Waals surface area contributed by atoms with Crippen molar-refractivity contribution in [2.75, 3.05) is 5.32 Å². The molecule has 0 aliphatic heterocycles. The largest absolute Gasteiger partial charge is 0.365 e. The number of amides is 2. The standard InChI is InChI=1S/C17H17N3O2S/c1-8-4-5-12-11(6-8)7-13(19-12)16(22)20-17-14(15(18)21)9(2)10(3)23-17/h4-7,19H,1-3H3,(H2,18,21)(H,20,22). The number of fused-ring (bicyclic) bond motifs is 1. The van der Waals surface area contributed by atoms with Crippen LogP contribution in [0.2, 0.25) is 0 Å². The van der Waals surface area contributed by atoms with Crippen molar-refractivity contribution in [3.63, 3.8) is 0 Å². The fraction of sp³-hybridized carbons (Fsp3) is 0.176. The molecule has 6 heteroatoms. The lowest BCUT2D eigenvalue weighted by atomic mass is 10.1. The summed E-state index contributed by atoms with van der Waals surface area (Å²) in [5.41, 5.74) is 9.10. The molecule has 23 heavy (non-hydrogen) atoms. The first-order valence-electron chi connectivity index (χ1n) is 7.17. The van der Waals surface area contributed by atoms with E-state index in [1.807, 2.05) is 39.0 Å². The monoisotopic (exact) mass is 327 g/mol. The normalized spacial score (nSPS) is 10.9. The van der Waals surface area contributed by atoms with Crippen LogP contribution in [0.4, 0.5) is 5.00 Å². The number of aryl methyl sites for hydroxylation is 2. The van der Waals surface area contributed by atoms with Gasteiger partial charge in [-0.15, -0.1) is 11.3 Å². The summed E-state index contributed by atoms with van der Waals surface area (Å²) in [5, 5.41) is 4.26. The van der Waals surface area contributed by atoms with E-state index in [2.05, 4.69) is 10.3 Å². The van der Waals surface area contributed by atoms with Gasteiger partial charge in [0.25, 0.3) is 11.8 Å². The summed E-state index contributed by atoms with van der Waals surface area (Å²) in [6, 6.07) is 7.74. The summed E-state index contributed by atoms with van der Waals surface area (Å²) in [6.07, 6.45) is 0. The molecule has 2 heterocycles. The van der Waals surface area contributed by atoms with Gasteiger partial charge in [0.2, 0.25) is 0 Å². The predicted octanol–water partition coefficient (Wildman–Crippen LogP) is 3.51. The molecule has 2 aromatic heterocycles. The van der Waals surface area contributed by atoms with Crippen LogP contribution in [-0.4, -0.2) is 16.8 Å². The van der Waals surface area contributed by atoms with E-state index in [4.69, 9.17) is 5.73 Å². The van der Waals surface area contributed by atoms with Crippen LogP contribution in [-0.2, 0) is 0 Å². The van der Waals surface area contributed by atoms with Gasteiger partial charge in [0, 0.05) is 15.8 Å². The maximum atomic E-state index is 12.5. The molecule has 0 radical (unpaired) electrons. The maximum Gasteiger partial charge on any atom is 0.272 e. The lowest BCUT2D eigenvalue weighted by Crippen LogP contribution is -2.17. The number of aromatic nitrogens is 1. The van der Waals surface area contributed by atoms with Gasteiger partial charge in [-0.05, 0) is 44.5 Å². The highest BCUT2D eigenvalue weighted by atomic mass is 32.1. The number of hydrogen-bond acceptors (Lipinski definition) is 3. The third-order valence-corrected chi connectivity index (χ3v) is 5.00. The zero-order chi connectivity index (χ0) is 16.7. The molecule has 118 valence electrons. The summed E-state index contributed by atoms with van der Waals surface area (Å²) in [4.78, 5) is 28.1. The third-order valence-electron chi connectivity index (χ3n) is 3.88. The number of thiophene rings is 1. The SMILES string of the molecule is Cc1ccc2[nH]c(C(=O)Nc3sc(C)c(C)c3C(N)=O)cc2c1. The summed E-state index contributed by atoms with van der Waals surface area (Å²) < 4.78 is 0. The van der Waals surface area contributed by atoms with Crippen molar-refractivity contribution in [3.05, 3.63) is 51.5 Å². The van der Waals surface area contributed by atoms with Crippen LogP contribution in [0.1, 0.15) is 36.9 Å². The van der Waals surface area contributed by atoms with Gasteiger partial charge in [-0.1, -0.05) is 11.6 Å². The van der Waals surface area contributed by atoms with E-state index in [1.54, 1.807) is 6.07 Å². The Morgan fingerprint density at radius 3 is 2.61 bits per heavy atom. The first kappa shape index (κ1) is 15.3. The second-order valence-electron chi connectivity index (χ2n) is 5.58. The average molecular weight is 327 g/mol. The molecule has 0 aliphatic carbocycles. The molecular weight excluding hydrogens is 310 g/mol. The van der Waals surface area contributed by atoms with Crippen molar-refractivity contribution >= 4 is 39.1 Å². The Hall–Kier alpha value is -2.60. The summed E-state index contributed by atoms with van der Waals surface area (Å²) in [5.74, 6) is -0.822. The van der Waals surface area contributed by atoms with Gasteiger partial charge in [0.1, 0.15) is 10.7 Å². The highest BCUT2D eigenvalue weighted by molar-refractivity contribution is 7.16. The van der Waals surface area contributed by atoms with Crippen molar-refractivity contribution in [1.29, 1.82) is 0 Å². The second-order valence-corrected chi connectivity index (χ2v) is 6.80. The Kier molecular flexibility index (Phi) is 3.69. The van der Waals surface area contributed by atoms with E-state index in [0.29, 0.717) is 16.3 Å². The Morgan fingerprint density at radius 1 is 1.17 bits per heavy atom. The van der Waals surface area contributed by atoms with Crippen molar-refractivity contribution in [2.24, 2.45) is 5.73 Å². The minimum atomic E-state index is -0.533. The summed E-state index contributed by atoms with van der Waals surface area (Å²) >= 11 is 1.35. The van der Waals surface area contributed by atoms with E-state index < -0.39 is 5.91 Å². The zero-order valence-electron chi connectivity index (χ0n) is 13.1. The average Bonchev–Trinajstić information content (AvgIpc) is 3.00. The van der Waals surface area contributed by atoms with Gasteiger partial charge >= 0.3 is 0 Å². The lowest BCUT2D eigenvalue weighted by Gasteiger charge is -2.03. The molecule has 0 saturated heterocycles. The van der Waals surface area contributed by atoms with E-state index >= 15 is 0 Å². The number of hydrogen-bond donors (Lipinski definition) is 3. The van der Waals surface area contributed by atoms with Crippen LogP contribution in [0.25, 0.3) is 10.9 Å². The van der Waals surface area contributed by atoms with E-state index in [1.165, 1.54) is 11.3 Å². The molecule has 1 aromatic carbocycles. The first-order valence-corrected chi connectivity index (χ1v) is 7.99. The Bertz CT molecular complexity index is 937. The van der Waals surface area contributed by atoms with Gasteiger partial charge in [0.05, 0.1) is 5.56 Å². The lowest BCUT2D eigenvalue weighted by molar-refractivity contribution is 0.100. The van der Waals surface area contributed by atoms with Crippen LogP contribution in [0.5, 0.6) is 0 Å². The molecule has 0 atom stereocenters. The molecule has 0 unspecified atom stereocenters. The molecule has 3 aromatic rings. The number of aromatic amines is 1. The van der Waals surface area contributed by atoms with E-state index in [-0.39, 0.29) is 5.91 Å². The number of primary amides is 1. The minimum Gasteiger partial charge on any atom is -0.365 e. The third kappa shape index (κ3) is 2.73. The van der Waals surface area contributed by atoms with Crippen molar-refractivity contribution in [2.45, 2.75) is 20.8 Å². The Labute approximate surface area is 137 Å². The van der Waals surface area contributed by atoms with Crippen molar-refractivity contribution in [3.8, 4) is 0 Å². The van der Waals surface area contributed by atoms with Crippen molar-refractivity contribution < 1.29 is 9.59 Å². The smallest absolute Gasteiger partial charge is 0.272 e. The minimum absolute atomic E-state index is 0.289. The van der Waals surface area contributed by atoms with Crippen LogP contribution >= 0.6 is 11.3 Å². The fourth-order valence-corrected chi connectivity index (χ4v) is 3.62. The topological polar surface area (TPSA) is 88.0 Å². The number of nitrogens with one attached hydrogen (secondary N) is 2. The molecule has 0 fully saturated rings. The molecule has 0 bridgehead atoms. The number of nitrogens with two attached hydrogens (primary N) is 1. The summed E-state index contributed by atoms with van der Waals surface area (Å²) in [6.45, 7) is 5.73. The molecule has 0 spiro atoms. The molecule has 2 amide bonds. The Morgan fingerprint density at radius 2 is 1.91 bits per heavy atom. The van der Waals surface area contributed by atoms with Gasteiger partial charge < -0.3 is 16.0 Å².